The lowest BCUT2D eigenvalue weighted by Crippen LogP contribution is -2.50. The lowest BCUT2D eigenvalue weighted by atomic mass is 10.0. The maximum absolute atomic E-state index is 12.1. The predicted octanol–water partition coefficient (Wildman–Crippen LogP) is 1.77. The van der Waals surface area contributed by atoms with E-state index in [1.54, 1.807) is 0 Å². The van der Waals surface area contributed by atoms with Crippen LogP contribution in [-0.4, -0.2) is 46.4 Å². The van der Waals surface area contributed by atoms with Crippen LogP contribution in [0.25, 0.3) is 0 Å². The van der Waals surface area contributed by atoms with E-state index >= 15 is 0 Å². The Morgan fingerprint density at radius 1 is 1.25 bits per heavy atom. The molecule has 2 atom stereocenters. The average molecular weight is 278 g/mol. The first-order chi connectivity index (χ1) is 9.47. The zero-order valence-corrected chi connectivity index (χ0v) is 11.9. The summed E-state index contributed by atoms with van der Waals surface area (Å²) in [5.74, 6) is 0.457. The van der Waals surface area contributed by atoms with Gasteiger partial charge in [-0.2, -0.15) is 0 Å². The van der Waals surface area contributed by atoms with Crippen LogP contribution < -0.4 is 5.32 Å². The van der Waals surface area contributed by atoms with Crippen molar-refractivity contribution < 1.29 is 15.0 Å². The first kappa shape index (κ1) is 14.8. The first-order valence-corrected chi connectivity index (χ1v) is 6.99. The zero-order chi connectivity index (χ0) is 14.7. The van der Waals surface area contributed by atoms with Crippen molar-refractivity contribution in [2.75, 3.05) is 18.4 Å². The summed E-state index contributed by atoms with van der Waals surface area (Å²) < 4.78 is 0. The molecular weight excluding hydrogens is 256 g/mol. The van der Waals surface area contributed by atoms with Gasteiger partial charge in [0.05, 0.1) is 18.8 Å². The second-order valence-corrected chi connectivity index (χ2v) is 5.58. The van der Waals surface area contributed by atoms with Gasteiger partial charge in [0, 0.05) is 12.2 Å². The molecule has 1 aromatic rings. The molecule has 0 bridgehead atoms. The van der Waals surface area contributed by atoms with Gasteiger partial charge in [0.25, 0.3) is 0 Å². The largest absolute Gasteiger partial charge is 0.390 e. The minimum Gasteiger partial charge on any atom is -0.390 e. The second kappa shape index (κ2) is 6.24. The Hall–Kier alpha value is -1.59. The molecule has 1 aliphatic heterocycles. The third-order valence-corrected chi connectivity index (χ3v) is 3.66. The highest BCUT2D eigenvalue weighted by Gasteiger charge is 2.28. The van der Waals surface area contributed by atoms with Crippen LogP contribution in [0, 0.1) is 0 Å². The molecule has 1 fully saturated rings. The Balaban J connectivity index is 1.94. The molecule has 110 valence electrons. The fourth-order valence-electron chi connectivity index (χ4n) is 2.26. The summed E-state index contributed by atoms with van der Waals surface area (Å²) in [6.07, 6.45) is -1.19. The van der Waals surface area contributed by atoms with Crippen LogP contribution in [0.2, 0.25) is 0 Å². The number of carbonyl (C=O) groups is 1. The molecule has 5 nitrogen and oxygen atoms in total. The molecule has 0 unspecified atom stereocenters. The van der Waals surface area contributed by atoms with Crippen molar-refractivity contribution in [2.45, 2.75) is 38.4 Å². The van der Waals surface area contributed by atoms with E-state index < -0.39 is 12.2 Å². The zero-order valence-electron chi connectivity index (χ0n) is 11.9. The van der Waals surface area contributed by atoms with Crippen molar-refractivity contribution in [3.63, 3.8) is 0 Å². The summed E-state index contributed by atoms with van der Waals surface area (Å²) in [5.41, 5.74) is 1.96. The SMILES string of the molecule is CC(C)c1ccc(NC(=O)N2CC[C@@H](O)[C@H](O)C2)cc1. The minimum absolute atomic E-state index is 0.164. The predicted molar refractivity (Wildman–Crippen MR) is 77.8 cm³/mol. The fraction of sp³-hybridized carbons (Fsp3) is 0.533. The van der Waals surface area contributed by atoms with Crippen molar-refractivity contribution in [3.05, 3.63) is 29.8 Å². The summed E-state index contributed by atoms with van der Waals surface area (Å²) in [7, 11) is 0. The van der Waals surface area contributed by atoms with E-state index in [2.05, 4.69) is 19.2 Å². The van der Waals surface area contributed by atoms with Gasteiger partial charge in [-0.25, -0.2) is 4.79 Å². The number of nitrogens with zero attached hydrogens (tertiary/aromatic N) is 1. The molecule has 0 aromatic heterocycles. The molecule has 2 amide bonds. The Bertz CT molecular complexity index is 459. The number of β-amino-alcohol motifs (C(OH)–C–C–N with tert-alkyl or cyclic N) is 1. The van der Waals surface area contributed by atoms with Gasteiger partial charge in [-0.05, 0) is 30.0 Å². The van der Waals surface area contributed by atoms with Crippen LogP contribution in [0.4, 0.5) is 10.5 Å². The molecule has 5 heteroatoms. The molecule has 20 heavy (non-hydrogen) atoms. The van der Waals surface area contributed by atoms with Gasteiger partial charge >= 0.3 is 6.03 Å². The highest BCUT2D eigenvalue weighted by atomic mass is 16.3. The van der Waals surface area contributed by atoms with Crippen molar-refractivity contribution in [1.29, 1.82) is 0 Å². The number of aliphatic hydroxyl groups excluding tert-OH is 2. The van der Waals surface area contributed by atoms with E-state index in [4.69, 9.17) is 0 Å². The number of urea groups is 1. The maximum Gasteiger partial charge on any atom is 0.321 e. The van der Waals surface area contributed by atoms with Crippen LogP contribution in [0.3, 0.4) is 0 Å². The molecule has 1 aromatic carbocycles. The number of hydrogen-bond donors (Lipinski definition) is 3. The molecule has 1 saturated heterocycles. The highest BCUT2D eigenvalue weighted by molar-refractivity contribution is 5.89. The Kier molecular flexibility index (Phi) is 4.62. The van der Waals surface area contributed by atoms with E-state index in [-0.39, 0.29) is 12.6 Å². The number of nitrogens with one attached hydrogen (secondary N) is 1. The summed E-state index contributed by atoms with van der Waals surface area (Å²) in [4.78, 5) is 13.6. The van der Waals surface area contributed by atoms with E-state index in [0.29, 0.717) is 18.9 Å². The van der Waals surface area contributed by atoms with Crippen LogP contribution in [0.1, 0.15) is 31.7 Å². The Morgan fingerprint density at radius 3 is 2.45 bits per heavy atom. The van der Waals surface area contributed by atoms with Crippen LogP contribution in [-0.2, 0) is 0 Å². The summed E-state index contributed by atoms with van der Waals surface area (Å²) in [6.45, 7) is 4.85. The lowest BCUT2D eigenvalue weighted by molar-refractivity contribution is -0.0263. The number of aliphatic hydroxyl groups is 2. The van der Waals surface area contributed by atoms with Gasteiger partial charge < -0.3 is 20.4 Å². The smallest absolute Gasteiger partial charge is 0.321 e. The molecule has 0 aliphatic carbocycles. The standard InChI is InChI=1S/C15H22N2O3/c1-10(2)11-3-5-12(6-4-11)16-15(20)17-8-7-13(18)14(19)9-17/h3-6,10,13-14,18-19H,7-9H2,1-2H3,(H,16,20)/t13-,14-/m1/s1. The van der Waals surface area contributed by atoms with Gasteiger partial charge in [0.1, 0.15) is 0 Å². The van der Waals surface area contributed by atoms with E-state index in [9.17, 15) is 15.0 Å². The Labute approximate surface area is 119 Å². The van der Waals surface area contributed by atoms with E-state index in [1.165, 1.54) is 10.5 Å². The molecule has 0 saturated carbocycles. The number of likely N-dealkylation sites (tertiary alicyclic amines) is 1. The molecule has 0 spiro atoms. The highest BCUT2D eigenvalue weighted by Crippen LogP contribution is 2.18. The van der Waals surface area contributed by atoms with Gasteiger partial charge in [0.15, 0.2) is 0 Å². The molecule has 1 heterocycles. The topological polar surface area (TPSA) is 72.8 Å². The van der Waals surface area contributed by atoms with Gasteiger partial charge in [-0.3, -0.25) is 0 Å². The van der Waals surface area contributed by atoms with Crippen molar-refractivity contribution in [2.24, 2.45) is 0 Å². The average Bonchev–Trinajstić information content (AvgIpc) is 2.42. The molecule has 0 radical (unpaired) electrons. The number of rotatable bonds is 2. The molecular formula is C15H22N2O3. The summed E-state index contributed by atoms with van der Waals surface area (Å²) in [5, 5.41) is 21.8. The quantitative estimate of drug-likeness (QED) is 0.772. The van der Waals surface area contributed by atoms with Crippen molar-refractivity contribution in [1.82, 2.24) is 4.90 Å². The van der Waals surface area contributed by atoms with Gasteiger partial charge in [-0.15, -0.1) is 0 Å². The summed E-state index contributed by atoms with van der Waals surface area (Å²) >= 11 is 0. The summed E-state index contributed by atoms with van der Waals surface area (Å²) in [6, 6.07) is 7.50. The van der Waals surface area contributed by atoms with Crippen molar-refractivity contribution in [3.8, 4) is 0 Å². The number of amides is 2. The number of anilines is 1. The molecule has 3 N–H and O–H groups in total. The third kappa shape index (κ3) is 3.49. The van der Waals surface area contributed by atoms with Gasteiger partial charge in [-0.1, -0.05) is 26.0 Å². The molecule has 2 rings (SSSR count). The third-order valence-electron chi connectivity index (χ3n) is 3.66. The van der Waals surface area contributed by atoms with Crippen molar-refractivity contribution >= 4 is 11.7 Å². The lowest BCUT2D eigenvalue weighted by Gasteiger charge is -2.33. The number of carbonyl (C=O) groups excluding carboxylic acids is 1. The monoisotopic (exact) mass is 278 g/mol. The molecule has 1 aliphatic rings. The second-order valence-electron chi connectivity index (χ2n) is 5.58. The van der Waals surface area contributed by atoms with E-state index in [0.717, 1.165) is 5.69 Å². The van der Waals surface area contributed by atoms with Crippen LogP contribution in [0.5, 0.6) is 0 Å². The Morgan fingerprint density at radius 2 is 1.90 bits per heavy atom. The fourth-order valence-corrected chi connectivity index (χ4v) is 2.26. The van der Waals surface area contributed by atoms with E-state index in [1.807, 2.05) is 24.3 Å². The maximum atomic E-state index is 12.1. The van der Waals surface area contributed by atoms with Crippen LogP contribution in [0.15, 0.2) is 24.3 Å². The van der Waals surface area contributed by atoms with Gasteiger partial charge in [0.2, 0.25) is 0 Å². The first-order valence-electron chi connectivity index (χ1n) is 6.99. The van der Waals surface area contributed by atoms with Crippen LogP contribution >= 0.6 is 0 Å². The number of hydrogen-bond acceptors (Lipinski definition) is 3. The normalized spacial score (nSPS) is 22.9. The minimum atomic E-state index is -0.863. The number of piperidine rings is 1. The number of benzene rings is 1.